The summed E-state index contributed by atoms with van der Waals surface area (Å²) in [6, 6.07) is 4.10. The van der Waals surface area contributed by atoms with E-state index in [4.69, 9.17) is 5.73 Å². The zero-order chi connectivity index (χ0) is 22.8. The second-order valence-electron chi connectivity index (χ2n) is 7.70. The van der Waals surface area contributed by atoms with Crippen molar-refractivity contribution in [3.63, 3.8) is 0 Å². The molecule has 0 aromatic carbocycles. The summed E-state index contributed by atoms with van der Waals surface area (Å²) in [5, 5.41) is 3.41. The molecule has 0 aliphatic carbocycles. The number of hydrogen-bond acceptors (Lipinski definition) is 4. The zero-order valence-electron chi connectivity index (χ0n) is 19.2. The van der Waals surface area contributed by atoms with Crippen molar-refractivity contribution < 1.29 is 0 Å². The fraction of sp³-hybridized carbons (Fsp3) is 0.296. The summed E-state index contributed by atoms with van der Waals surface area (Å²) in [5.74, 6) is 1.02. The Balaban J connectivity index is 2.22. The fourth-order valence-corrected chi connectivity index (χ4v) is 3.49. The van der Waals surface area contributed by atoms with Gasteiger partial charge in [-0.3, -0.25) is 0 Å². The van der Waals surface area contributed by atoms with E-state index in [0.717, 1.165) is 58.3 Å². The molecule has 31 heavy (non-hydrogen) atoms. The third-order valence-electron chi connectivity index (χ3n) is 5.38. The Bertz CT molecular complexity index is 938. The van der Waals surface area contributed by atoms with Crippen LogP contribution in [0.5, 0.6) is 0 Å². The third-order valence-corrected chi connectivity index (χ3v) is 5.38. The van der Waals surface area contributed by atoms with Crippen molar-refractivity contribution in [2.75, 3.05) is 18.0 Å². The first kappa shape index (κ1) is 24.0. The van der Waals surface area contributed by atoms with Gasteiger partial charge in [-0.05, 0) is 81.0 Å². The highest BCUT2D eigenvalue weighted by atomic mass is 15.2. The van der Waals surface area contributed by atoms with Crippen molar-refractivity contribution in [3.05, 3.63) is 102 Å². The van der Waals surface area contributed by atoms with E-state index < -0.39 is 0 Å². The summed E-state index contributed by atoms with van der Waals surface area (Å²) in [4.78, 5) is 6.91. The number of nitrogens with zero attached hydrogens (tertiary/aromatic N) is 2. The largest absolute Gasteiger partial charge is 0.399 e. The Hall–Kier alpha value is -3.27. The van der Waals surface area contributed by atoms with E-state index in [2.05, 4.69) is 41.0 Å². The molecule has 0 amide bonds. The Morgan fingerprint density at radius 2 is 1.81 bits per heavy atom. The van der Waals surface area contributed by atoms with Crippen LogP contribution in [0.2, 0.25) is 0 Å². The standard InChI is InChI=1S/C27H36N4/c1-7-20(4)25(18-23(8-2)26(28)9-3)17-21(5)30-22(6)24-13-14-29-27(19-24)31-15-11-10-12-16-31/h7-9,13-14,17-19,30H,1,4,6,10-12,15-16,28H2,2-3,5H3/b21-17+,23-8+,25-18-,26-9-. The predicted octanol–water partition coefficient (Wildman–Crippen LogP) is 6.01. The number of allylic oxidation sites excluding steroid dienone is 8. The van der Waals surface area contributed by atoms with Gasteiger partial charge in [0.15, 0.2) is 0 Å². The zero-order valence-corrected chi connectivity index (χ0v) is 19.2. The second-order valence-corrected chi connectivity index (χ2v) is 7.70. The van der Waals surface area contributed by atoms with Gasteiger partial charge in [0.2, 0.25) is 0 Å². The number of rotatable bonds is 9. The van der Waals surface area contributed by atoms with Gasteiger partial charge >= 0.3 is 0 Å². The van der Waals surface area contributed by atoms with E-state index in [1.165, 1.54) is 19.3 Å². The number of nitrogens with two attached hydrogens (primary N) is 1. The number of nitrogens with one attached hydrogen (secondary N) is 1. The molecule has 4 heteroatoms. The summed E-state index contributed by atoms with van der Waals surface area (Å²) in [6.45, 7) is 20.3. The van der Waals surface area contributed by atoms with Crippen LogP contribution in [-0.4, -0.2) is 18.1 Å². The molecule has 1 aromatic rings. The highest BCUT2D eigenvalue weighted by Crippen LogP contribution is 2.22. The monoisotopic (exact) mass is 416 g/mol. The average Bonchev–Trinajstić information content (AvgIpc) is 2.81. The van der Waals surface area contributed by atoms with Crippen molar-refractivity contribution in [1.29, 1.82) is 0 Å². The van der Waals surface area contributed by atoms with Crippen molar-refractivity contribution in [2.45, 2.75) is 40.0 Å². The summed E-state index contributed by atoms with van der Waals surface area (Å²) in [6.07, 6.45) is 15.3. The molecule has 1 saturated heterocycles. The van der Waals surface area contributed by atoms with Gasteiger partial charge in [0.1, 0.15) is 5.82 Å². The number of piperidine rings is 1. The van der Waals surface area contributed by atoms with Gasteiger partial charge in [0.25, 0.3) is 0 Å². The van der Waals surface area contributed by atoms with Gasteiger partial charge in [0, 0.05) is 41.9 Å². The summed E-state index contributed by atoms with van der Waals surface area (Å²) >= 11 is 0. The first-order valence-corrected chi connectivity index (χ1v) is 10.9. The number of hydrogen-bond donors (Lipinski definition) is 2. The van der Waals surface area contributed by atoms with Crippen LogP contribution in [0.15, 0.2) is 96.6 Å². The Morgan fingerprint density at radius 3 is 2.42 bits per heavy atom. The molecule has 0 saturated carbocycles. The molecule has 0 atom stereocenters. The minimum Gasteiger partial charge on any atom is -0.399 e. The van der Waals surface area contributed by atoms with Crippen LogP contribution in [0, 0.1) is 0 Å². The van der Waals surface area contributed by atoms with Crippen LogP contribution in [0.4, 0.5) is 5.82 Å². The molecule has 0 spiro atoms. The van der Waals surface area contributed by atoms with Gasteiger partial charge in [-0.2, -0.15) is 0 Å². The van der Waals surface area contributed by atoms with Crippen LogP contribution in [-0.2, 0) is 0 Å². The molecule has 2 heterocycles. The summed E-state index contributed by atoms with van der Waals surface area (Å²) in [5.41, 5.74) is 12.4. The SMILES string of the molecule is C=CC(=C)C(=C\C(=C/C)C(\N)=C\C)/C=C(\C)NC(=C)c1ccnc(N2CCCCC2)c1. The molecule has 3 N–H and O–H groups in total. The van der Waals surface area contributed by atoms with Crippen molar-refractivity contribution in [3.8, 4) is 0 Å². The second kappa shape index (κ2) is 11.8. The first-order chi connectivity index (χ1) is 14.9. The smallest absolute Gasteiger partial charge is 0.129 e. The van der Waals surface area contributed by atoms with Crippen molar-refractivity contribution in [2.24, 2.45) is 5.73 Å². The number of pyridine rings is 1. The quantitative estimate of drug-likeness (QED) is 0.484. The van der Waals surface area contributed by atoms with Crippen LogP contribution in [0.25, 0.3) is 5.70 Å². The lowest BCUT2D eigenvalue weighted by Gasteiger charge is -2.28. The lowest BCUT2D eigenvalue weighted by atomic mass is 10.0. The average molecular weight is 417 g/mol. The Labute approximate surface area is 187 Å². The summed E-state index contributed by atoms with van der Waals surface area (Å²) in [7, 11) is 0. The molecule has 2 rings (SSSR count). The minimum atomic E-state index is 0.724. The minimum absolute atomic E-state index is 0.724. The van der Waals surface area contributed by atoms with E-state index in [-0.39, 0.29) is 0 Å². The van der Waals surface area contributed by atoms with Crippen molar-refractivity contribution >= 4 is 11.5 Å². The van der Waals surface area contributed by atoms with Crippen LogP contribution >= 0.6 is 0 Å². The van der Waals surface area contributed by atoms with E-state index >= 15 is 0 Å². The molecule has 0 unspecified atom stereocenters. The molecule has 1 aliphatic rings. The van der Waals surface area contributed by atoms with Crippen LogP contribution in [0.1, 0.15) is 45.6 Å². The maximum absolute atomic E-state index is 6.11. The maximum atomic E-state index is 6.11. The molecule has 0 radical (unpaired) electrons. The molecule has 1 aromatic heterocycles. The molecule has 1 aliphatic heterocycles. The molecular formula is C27H36N4. The van der Waals surface area contributed by atoms with Gasteiger partial charge in [0.05, 0.1) is 0 Å². The van der Waals surface area contributed by atoms with Crippen molar-refractivity contribution in [1.82, 2.24) is 10.3 Å². The fourth-order valence-electron chi connectivity index (χ4n) is 3.49. The Morgan fingerprint density at radius 1 is 1.10 bits per heavy atom. The predicted molar refractivity (Wildman–Crippen MR) is 135 cm³/mol. The molecule has 1 fully saturated rings. The highest BCUT2D eigenvalue weighted by Gasteiger charge is 2.13. The maximum Gasteiger partial charge on any atom is 0.129 e. The van der Waals surface area contributed by atoms with E-state index in [1.807, 2.05) is 57.3 Å². The van der Waals surface area contributed by atoms with E-state index in [1.54, 1.807) is 6.08 Å². The first-order valence-electron chi connectivity index (χ1n) is 10.9. The molecule has 0 bridgehead atoms. The lowest BCUT2D eigenvalue weighted by molar-refractivity contribution is 0.573. The lowest BCUT2D eigenvalue weighted by Crippen LogP contribution is -2.30. The van der Waals surface area contributed by atoms with Crippen LogP contribution in [0.3, 0.4) is 0 Å². The van der Waals surface area contributed by atoms with Gasteiger partial charge in [-0.15, -0.1) is 0 Å². The van der Waals surface area contributed by atoms with E-state index in [9.17, 15) is 0 Å². The normalized spacial score (nSPS) is 16.2. The van der Waals surface area contributed by atoms with Gasteiger partial charge in [-0.1, -0.05) is 38.0 Å². The summed E-state index contributed by atoms with van der Waals surface area (Å²) < 4.78 is 0. The molecule has 164 valence electrons. The third kappa shape index (κ3) is 6.88. The van der Waals surface area contributed by atoms with Crippen LogP contribution < -0.4 is 16.0 Å². The number of aromatic nitrogens is 1. The van der Waals surface area contributed by atoms with Gasteiger partial charge < -0.3 is 16.0 Å². The molecule has 4 nitrogen and oxygen atoms in total. The topological polar surface area (TPSA) is 54.2 Å². The molecular weight excluding hydrogens is 380 g/mol. The Kier molecular flexibility index (Phi) is 9.13. The van der Waals surface area contributed by atoms with Gasteiger partial charge in [-0.25, -0.2) is 4.98 Å². The highest BCUT2D eigenvalue weighted by molar-refractivity contribution is 5.66. The van der Waals surface area contributed by atoms with E-state index in [0.29, 0.717) is 0 Å². The number of anilines is 1.